The summed E-state index contributed by atoms with van der Waals surface area (Å²) in [5, 5.41) is 2.26. The number of rotatable bonds is 4. The smallest absolute Gasteiger partial charge is 0.188 e. The molecular weight excluding hydrogens is 772 g/mol. The number of nitrogens with zero attached hydrogens (tertiary/aromatic N) is 4. The van der Waals surface area contributed by atoms with Gasteiger partial charge in [-0.25, -0.2) is 9.55 Å². The van der Waals surface area contributed by atoms with Crippen molar-refractivity contribution in [2.45, 2.75) is 78.7 Å². The third-order valence-electron chi connectivity index (χ3n) is 8.92. The molecule has 0 radical (unpaired) electrons. The number of ether oxygens (including phenoxy) is 1. The molecule has 0 N–H and O–H groups in total. The van der Waals surface area contributed by atoms with E-state index in [0.717, 1.165) is 38.8 Å². The molecule has 0 fully saturated rings. The van der Waals surface area contributed by atoms with Crippen LogP contribution in [-0.2, 0) is 37.4 Å². The van der Waals surface area contributed by atoms with Gasteiger partial charge in [0.05, 0.1) is 5.54 Å². The molecule has 0 saturated carbocycles. The molecular formula is C42H43N4OPt-. The van der Waals surface area contributed by atoms with Gasteiger partial charge in [-0.05, 0) is 72.9 Å². The van der Waals surface area contributed by atoms with Crippen LogP contribution in [0.4, 0.5) is 0 Å². The summed E-state index contributed by atoms with van der Waals surface area (Å²) >= 11 is 0. The fraction of sp³-hybridized carbons (Fsp3) is 0.286. The van der Waals surface area contributed by atoms with Crippen molar-refractivity contribution >= 4 is 32.8 Å². The first-order valence-electron chi connectivity index (χ1n) is 16.4. The predicted molar refractivity (Wildman–Crippen MR) is 194 cm³/mol. The van der Waals surface area contributed by atoms with Gasteiger partial charge >= 0.3 is 0 Å². The van der Waals surface area contributed by atoms with E-state index < -0.39 is 0 Å². The summed E-state index contributed by atoms with van der Waals surface area (Å²) in [7, 11) is 0. The Kier molecular flexibility index (Phi) is 8.45. The fourth-order valence-electron chi connectivity index (χ4n) is 6.44. The molecule has 0 aliphatic heterocycles. The van der Waals surface area contributed by atoms with Crippen LogP contribution in [0.3, 0.4) is 0 Å². The van der Waals surface area contributed by atoms with E-state index >= 15 is 0 Å². The molecule has 248 valence electrons. The van der Waals surface area contributed by atoms with Crippen molar-refractivity contribution in [2.75, 3.05) is 0 Å². The van der Waals surface area contributed by atoms with Crippen molar-refractivity contribution in [1.82, 2.24) is 18.7 Å². The Morgan fingerprint density at radius 1 is 0.667 bits per heavy atom. The molecule has 0 aliphatic carbocycles. The molecule has 3 heterocycles. The van der Waals surface area contributed by atoms with E-state index in [-0.39, 0.29) is 37.4 Å². The molecule has 48 heavy (non-hydrogen) atoms. The fourth-order valence-corrected chi connectivity index (χ4v) is 6.44. The maximum Gasteiger partial charge on any atom is 0.188 e. The zero-order valence-corrected chi connectivity index (χ0v) is 31.5. The molecule has 0 bridgehead atoms. The minimum absolute atomic E-state index is 0. The number of pyridine rings is 1. The van der Waals surface area contributed by atoms with Crippen molar-refractivity contribution in [2.24, 2.45) is 0 Å². The third kappa shape index (κ3) is 5.98. The first-order chi connectivity index (χ1) is 22.2. The Hall–Kier alpha value is -4.21. The standard InChI is InChI=1S/C42H43N4O.Pt/c1-40(2,3)28-22-23-43-39(24-28)46-34-15-11-10-14-31(34)32-20-18-29(25-37(32)46)47-30-19-21-33(41(4,5)6)38(26-30)44-27-45(42(7,8)9)36-17-13-12-16-35(36)44;/h10-24,27H,1-9H3;/q-1;. The number of hydrogen-bond donors (Lipinski definition) is 0. The molecule has 0 unspecified atom stereocenters. The average molecular weight is 815 g/mol. The zero-order chi connectivity index (χ0) is 33.3. The maximum absolute atomic E-state index is 6.60. The summed E-state index contributed by atoms with van der Waals surface area (Å²) in [4.78, 5) is 4.82. The summed E-state index contributed by atoms with van der Waals surface area (Å²) in [5.74, 6) is 2.13. The van der Waals surface area contributed by atoms with Crippen LogP contribution in [0.1, 0.15) is 73.4 Å². The quantitative estimate of drug-likeness (QED) is 0.166. The van der Waals surface area contributed by atoms with E-state index in [4.69, 9.17) is 9.72 Å². The minimum atomic E-state index is -0.108. The van der Waals surface area contributed by atoms with Gasteiger partial charge in [0.15, 0.2) is 17.4 Å². The second-order valence-electron chi connectivity index (χ2n) is 15.5. The van der Waals surface area contributed by atoms with Gasteiger partial charge in [-0.2, -0.15) is 16.7 Å². The second-order valence-corrected chi connectivity index (χ2v) is 15.5. The summed E-state index contributed by atoms with van der Waals surface area (Å²) < 4.78 is 13.4. The van der Waals surface area contributed by atoms with E-state index in [2.05, 4.69) is 167 Å². The van der Waals surface area contributed by atoms with Crippen LogP contribution < -0.4 is 4.74 Å². The Bertz CT molecular complexity index is 2290. The second kappa shape index (κ2) is 12.0. The normalized spacial score (nSPS) is 12.5. The van der Waals surface area contributed by atoms with Crippen molar-refractivity contribution in [3.8, 4) is 23.0 Å². The number of fused-ring (bicyclic) bond motifs is 4. The molecule has 7 rings (SSSR count). The van der Waals surface area contributed by atoms with E-state index in [1.54, 1.807) is 0 Å². The number of para-hydroxylation sites is 3. The van der Waals surface area contributed by atoms with Gasteiger partial charge in [0, 0.05) is 62.1 Å². The van der Waals surface area contributed by atoms with Gasteiger partial charge in [0.1, 0.15) is 5.82 Å². The van der Waals surface area contributed by atoms with Gasteiger partial charge < -0.3 is 9.30 Å². The van der Waals surface area contributed by atoms with Crippen LogP contribution in [0.15, 0.2) is 97.5 Å². The molecule has 0 aliphatic rings. The van der Waals surface area contributed by atoms with Crippen LogP contribution in [0.5, 0.6) is 11.5 Å². The SMILES string of the molecule is CC(C)(C)c1ccnc(-n2c3[c-]c(Oc4[c-]c(-n5[cH+]n(C(C)(C)C)c6ccccc65)c(C(C)(C)C)cc4)ccc3c3ccccc32)c1.[Pt]. The third-order valence-corrected chi connectivity index (χ3v) is 8.92. The van der Waals surface area contributed by atoms with Gasteiger partial charge in [-0.15, -0.1) is 23.6 Å². The number of aromatic nitrogens is 4. The van der Waals surface area contributed by atoms with Crippen LogP contribution in [0.2, 0.25) is 0 Å². The molecule has 4 aromatic carbocycles. The molecule has 5 nitrogen and oxygen atoms in total. The molecule has 0 atom stereocenters. The summed E-state index contributed by atoms with van der Waals surface area (Å²) in [6.45, 7) is 20.1. The summed E-state index contributed by atoms with van der Waals surface area (Å²) in [6.07, 6.45) is 4.10. The predicted octanol–water partition coefficient (Wildman–Crippen LogP) is 10.9. The molecule has 0 saturated heterocycles. The average Bonchev–Trinajstić information content (AvgIpc) is 3.57. The molecule has 3 aromatic heterocycles. The Balaban J connectivity index is 0.00000401. The van der Waals surface area contributed by atoms with Gasteiger partial charge in [-0.3, -0.25) is 0 Å². The monoisotopic (exact) mass is 814 g/mol. The van der Waals surface area contributed by atoms with E-state index in [1.165, 1.54) is 16.6 Å². The van der Waals surface area contributed by atoms with Crippen LogP contribution in [0, 0.1) is 12.1 Å². The van der Waals surface area contributed by atoms with E-state index in [9.17, 15) is 0 Å². The molecule has 6 heteroatoms. The minimum Gasteiger partial charge on any atom is -0.508 e. The Morgan fingerprint density at radius 3 is 2.00 bits per heavy atom. The number of imidazole rings is 1. The van der Waals surface area contributed by atoms with Crippen LogP contribution in [0.25, 0.3) is 44.3 Å². The van der Waals surface area contributed by atoms with E-state index in [0.29, 0.717) is 11.5 Å². The van der Waals surface area contributed by atoms with Crippen LogP contribution >= 0.6 is 0 Å². The number of benzene rings is 4. The summed E-state index contributed by atoms with van der Waals surface area (Å²) in [5.41, 5.74) is 7.52. The van der Waals surface area contributed by atoms with E-state index in [1.807, 2.05) is 18.3 Å². The molecule has 0 amide bonds. The van der Waals surface area contributed by atoms with Gasteiger partial charge in [0.2, 0.25) is 0 Å². The van der Waals surface area contributed by atoms with Crippen molar-refractivity contribution < 1.29 is 25.8 Å². The van der Waals surface area contributed by atoms with Gasteiger partial charge in [0.25, 0.3) is 0 Å². The number of hydrogen-bond acceptors (Lipinski definition) is 2. The van der Waals surface area contributed by atoms with Crippen molar-refractivity contribution in [3.05, 3.63) is 121 Å². The first-order valence-corrected chi connectivity index (χ1v) is 16.4. The first kappa shape index (κ1) is 33.7. The van der Waals surface area contributed by atoms with Crippen molar-refractivity contribution in [1.29, 1.82) is 0 Å². The van der Waals surface area contributed by atoms with Crippen molar-refractivity contribution in [3.63, 3.8) is 0 Å². The Labute approximate surface area is 298 Å². The molecule has 0 spiro atoms. The van der Waals surface area contributed by atoms with Crippen LogP contribution in [-0.4, -0.2) is 18.7 Å². The molecule has 7 aromatic rings. The zero-order valence-electron chi connectivity index (χ0n) is 29.3. The van der Waals surface area contributed by atoms with Gasteiger partial charge in [-0.1, -0.05) is 76.9 Å². The largest absolute Gasteiger partial charge is 0.508 e. The Morgan fingerprint density at radius 2 is 1.31 bits per heavy atom. The summed E-state index contributed by atoms with van der Waals surface area (Å²) in [6, 6.07) is 36.9. The topological polar surface area (TPSA) is 36.9 Å². The maximum atomic E-state index is 6.60.